The van der Waals surface area contributed by atoms with E-state index < -0.39 is 11.7 Å². The molecule has 110 valence electrons. The maximum atomic E-state index is 12.8. The number of hydrogen-bond donors (Lipinski definition) is 1. The molecule has 3 rings (SSSR count). The summed E-state index contributed by atoms with van der Waals surface area (Å²) in [5.41, 5.74) is 3.57. The Kier molecular flexibility index (Phi) is 3.40. The number of aryl methyl sites for hydroxylation is 1. The average molecular weight is 291 g/mol. The molecule has 1 aliphatic rings. The highest BCUT2D eigenvalue weighted by Crippen LogP contribution is 2.38. The van der Waals surface area contributed by atoms with E-state index in [1.807, 2.05) is 12.1 Å². The molecule has 1 unspecified atom stereocenters. The topological polar surface area (TPSA) is 12.0 Å². The molecule has 1 nitrogen and oxygen atoms in total. The third kappa shape index (κ3) is 2.62. The summed E-state index contributed by atoms with van der Waals surface area (Å²) in [6, 6.07) is 11.6. The summed E-state index contributed by atoms with van der Waals surface area (Å²) in [7, 11) is 0. The van der Waals surface area contributed by atoms with Crippen LogP contribution in [-0.4, -0.2) is 0 Å². The van der Waals surface area contributed by atoms with Crippen LogP contribution in [0.25, 0.3) is 0 Å². The van der Waals surface area contributed by atoms with Crippen LogP contribution >= 0.6 is 0 Å². The maximum Gasteiger partial charge on any atom is 0.416 e. The van der Waals surface area contributed by atoms with E-state index in [4.69, 9.17) is 0 Å². The van der Waals surface area contributed by atoms with Crippen molar-refractivity contribution in [1.29, 1.82) is 0 Å². The fourth-order valence-corrected chi connectivity index (χ4v) is 2.88. The largest absolute Gasteiger partial charge is 0.416 e. The molecule has 0 spiro atoms. The van der Waals surface area contributed by atoms with Crippen molar-refractivity contribution in [3.8, 4) is 0 Å². The molecule has 1 atom stereocenters. The molecule has 21 heavy (non-hydrogen) atoms. The fourth-order valence-electron chi connectivity index (χ4n) is 2.88. The van der Waals surface area contributed by atoms with E-state index in [1.165, 1.54) is 23.3 Å². The van der Waals surface area contributed by atoms with Crippen LogP contribution in [0.4, 0.5) is 18.9 Å². The quantitative estimate of drug-likeness (QED) is 0.823. The molecule has 2 aromatic carbocycles. The lowest BCUT2D eigenvalue weighted by Gasteiger charge is -2.15. The average Bonchev–Trinajstić information content (AvgIpc) is 2.90. The highest BCUT2D eigenvalue weighted by Gasteiger charge is 2.32. The first-order valence-electron chi connectivity index (χ1n) is 7.03. The Morgan fingerprint density at radius 3 is 2.62 bits per heavy atom. The number of para-hydroxylation sites is 1. The maximum absolute atomic E-state index is 12.8. The summed E-state index contributed by atoms with van der Waals surface area (Å²) in [6.45, 7) is 2.08. The van der Waals surface area contributed by atoms with E-state index in [0.717, 1.165) is 24.6 Å². The predicted octanol–water partition coefficient (Wildman–Crippen LogP) is 4.98. The van der Waals surface area contributed by atoms with Gasteiger partial charge in [0.25, 0.3) is 0 Å². The van der Waals surface area contributed by atoms with Gasteiger partial charge in [0.2, 0.25) is 0 Å². The minimum Gasteiger partial charge on any atom is -0.377 e. The summed E-state index contributed by atoms with van der Waals surface area (Å²) in [5, 5.41) is 3.38. The number of alkyl halides is 3. The highest BCUT2D eigenvalue weighted by atomic mass is 19.4. The second-order valence-corrected chi connectivity index (χ2v) is 5.33. The molecule has 0 saturated carbocycles. The van der Waals surface area contributed by atoms with Gasteiger partial charge in [-0.1, -0.05) is 37.3 Å². The van der Waals surface area contributed by atoms with Gasteiger partial charge in [0.1, 0.15) is 0 Å². The molecule has 4 heteroatoms. The van der Waals surface area contributed by atoms with Gasteiger partial charge >= 0.3 is 6.18 Å². The van der Waals surface area contributed by atoms with Gasteiger partial charge in [0, 0.05) is 5.69 Å². The Morgan fingerprint density at radius 2 is 1.90 bits per heavy atom. The Morgan fingerprint density at radius 1 is 1.14 bits per heavy atom. The standard InChI is InChI=1S/C17H16F3N/c1-2-11-5-3-7-13-10-15(21-16(11)13)12-6-4-8-14(9-12)17(18,19)20/h3-9,15,21H,2,10H2,1H3. The van der Waals surface area contributed by atoms with Crippen molar-refractivity contribution in [3.05, 3.63) is 64.7 Å². The molecule has 0 radical (unpaired) electrons. The highest BCUT2D eigenvalue weighted by molar-refractivity contribution is 5.63. The van der Waals surface area contributed by atoms with E-state index in [0.29, 0.717) is 5.56 Å². The third-order valence-corrected chi connectivity index (χ3v) is 3.98. The van der Waals surface area contributed by atoms with E-state index in [2.05, 4.69) is 18.3 Å². The molecule has 1 N–H and O–H groups in total. The molecular weight excluding hydrogens is 275 g/mol. The first-order valence-corrected chi connectivity index (χ1v) is 7.03. The monoisotopic (exact) mass is 291 g/mol. The van der Waals surface area contributed by atoms with E-state index in [1.54, 1.807) is 6.07 Å². The number of anilines is 1. The lowest BCUT2D eigenvalue weighted by atomic mass is 10.00. The van der Waals surface area contributed by atoms with Gasteiger partial charge in [0.15, 0.2) is 0 Å². The normalized spacial score (nSPS) is 17.4. The van der Waals surface area contributed by atoms with Crippen molar-refractivity contribution in [2.24, 2.45) is 0 Å². The third-order valence-electron chi connectivity index (χ3n) is 3.98. The minimum absolute atomic E-state index is 0.0880. The predicted molar refractivity (Wildman–Crippen MR) is 77.3 cm³/mol. The molecule has 1 aliphatic heterocycles. The molecule has 2 aromatic rings. The van der Waals surface area contributed by atoms with Gasteiger partial charge in [-0.05, 0) is 41.7 Å². The number of fused-ring (bicyclic) bond motifs is 1. The zero-order valence-corrected chi connectivity index (χ0v) is 11.7. The van der Waals surface area contributed by atoms with Crippen LogP contribution in [-0.2, 0) is 19.0 Å². The number of rotatable bonds is 2. The molecule has 0 bridgehead atoms. The Labute approximate surface area is 121 Å². The second-order valence-electron chi connectivity index (χ2n) is 5.33. The van der Waals surface area contributed by atoms with Crippen LogP contribution in [0.15, 0.2) is 42.5 Å². The van der Waals surface area contributed by atoms with Gasteiger partial charge in [0.05, 0.1) is 11.6 Å². The summed E-state index contributed by atoms with van der Waals surface area (Å²) >= 11 is 0. The van der Waals surface area contributed by atoms with E-state index in [9.17, 15) is 13.2 Å². The van der Waals surface area contributed by atoms with Gasteiger partial charge < -0.3 is 5.32 Å². The lowest BCUT2D eigenvalue weighted by Crippen LogP contribution is -2.10. The molecule has 1 heterocycles. The first kappa shape index (κ1) is 14.0. The summed E-state index contributed by atoms with van der Waals surface area (Å²) < 4.78 is 38.4. The van der Waals surface area contributed by atoms with Crippen LogP contribution in [0.5, 0.6) is 0 Å². The van der Waals surface area contributed by atoms with Crippen LogP contribution in [0, 0.1) is 0 Å². The minimum atomic E-state index is -4.30. The Bertz CT molecular complexity index is 661. The van der Waals surface area contributed by atoms with Gasteiger partial charge in [-0.25, -0.2) is 0 Å². The molecule has 0 aromatic heterocycles. The van der Waals surface area contributed by atoms with Crippen LogP contribution < -0.4 is 5.32 Å². The van der Waals surface area contributed by atoms with Crippen molar-refractivity contribution in [2.75, 3.05) is 5.32 Å². The molecule has 0 aliphatic carbocycles. The second kappa shape index (κ2) is 5.10. The van der Waals surface area contributed by atoms with Gasteiger partial charge in [-0.2, -0.15) is 13.2 Å². The summed E-state index contributed by atoms with van der Waals surface area (Å²) in [4.78, 5) is 0. The number of hydrogen-bond acceptors (Lipinski definition) is 1. The zero-order valence-electron chi connectivity index (χ0n) is 11.7. The summed E-state index contributed by atoms with van der Waals surface area (Å²) in [6.07, 6.45) is -2.66. The Balaban J connectivity index is 1.91. The first-order chi connectivity index (χ1) is 9.99. The van der Waals surface area contributed by atoms with Crippen LogP contribution in [0.1, 0.15) is 35.2 Å². The Hall–Kier alpha value is -1.97. The number of benzene rings is 2. The van der Waals surface area contributed by atoms with E-state index >= 15 is 0 Å². The zero-order chi connectivity index (χ0) is 15.0. The fraction of sp³-hybridized carbons (Fsp3) is 0.294. The van der Waals surface area contributed by atoms with Crippen molar-refractivity contribution >= 4 is 5.69 Å². The van der Waals surface area contributed by atoms with Crippen LogP contribution in [0.3, 0.4) is 0 Å². The molecular formula is C17H16F3N. The lowest BCUT2D eigenvalue weighted by molar-refractivity contribution is -0.137. The van der Waals surface area contributed by atoms with E-state index in [-0.39, 0.29) is 6.04 Å². The molecule has 0 saturated heterocycles. The summed E-state index contributed by atoms with van der Waals surface area (Å²) in [5.74, 6) is 0. The number of halogens is 3. The van der Waals surface area contributed by atoms with Crippen molar-refractivity contribution in [3.63, 3.8) is 0 Å². The van der Waals surface area contributed by atoms with Gasteiger partial charge in [-0.15, -0.1) is 0 Å². The van der Waals surface area contributed by atoms with Crippen molar-refractivity contribution < 1.29 is 13.2 Å². The molecule has 0 fully saturated rings. The SMILES string of the molecule is CCc1cccc2c1NC(c1cccc(C(F)(F)F)c1)C2. The smallest absolute Gasteiger partial charge is 0.377 e. The van der Waals surface area contributed by atoms with Crippen molar-refractivity contribution in [2.45, 2.75) is 32.0 Å². The van der Waals surface area contributed by atoms with Crippen molar-refractivity contribution in [1.82, 2.24) is 0 Å². The molecule has 0 amide bonds. The van der Waals surface area contributed by atoms with Gasteiger partial charge in [-0.3, -0.25) is 0 Å². The van der Waals surface area contributed by atoms with Crippen LogP contribution in [0.2, 0.25) is 0 Å². The number of nitrogens with one attached hydrogen (secondary N) is 1.